The van der Waals surface area contributed by atoms with Crippen molar-refractivity contribution in [1.29, 1.82) is 32.5 Å². The van der Waals surface area contributed by atoms with Crippen LogP contribution in [0.4, 0.5) is 0 Å². The maximum absolute atomic E-state index is 11.2. The number of halogens is 2. The molecule has 0 aromatic heterocycles. The number of hydrogen-bond acceptors (Lipinski definition) is 23. The van der Waals surface area contributed by atoms with Gasteiger partial charge in [0, 0.05) is 41.2 Å². The second-order valence-corrected chi connectivity index (χ2v) is 23.5. The third-order valence-electron chi connectivity index (χ3n) is 11.9. The van der Waals surface area contributed by atoms with Gasteiger partial charge >= 0.3 is 153 Å². The van der Waals surface area contributed by atoms with Crippen molar-refractivity contribution in [2.24, 2.45) is 45.9 Å². The van der Waals surface area contributed by atoms with E-state index in [2.05, 4.69) is 32.5 Å². The van der Waals surface area contributed by atoms with E-state index in [0.29, 0.717) is 126 Å². The molecule has 0 fully saturated rings. The van der Waals surface area contributed by atoms with Crippen molar-refractivity contribution in [3.8, 4) is 0 Å². The molecule has 30 heteroatoms. The minimum atomic E-state index is -1.02. The molecule has 0 heterocycles. The van der Waals surface area contributed by atoms with Crippen LogP contribution in [0.5, 0.6) is 0 Å². The Hall–Kier alpha value is -4.10. The Morgan fingerprint density at radius 3 is 1.27 bits per heavy atom. The Labute approximate surface area is 531 Å². The molecular formula is C56H113I2N14O14-. The summed E-state index contributed by atoms with van der Waals surface area (Å²) in [5.41, 5.74) is 46.8. The Bertz CT molecular complexity index is 1880. The van der Waals surface area contributed by atoms with E-state index in [4.69, 9.17) is 116 Å². The van der Waals surface area contributed by atoms with Crippen LogP contribution in [0.2, 0.25) is 0 Å². The third-order valence-corrected chi connectivity index (χ3v) is 13.6. The van der Waals surface area contributed by atoms with Crippen molar-refractivity contribution in [3.05, 3.63) is 0 Å². The molecule has 0 amide bonds. The average Bonchev–Trinajstić information content (AvgIpc) is 3.45. The summed E-state index contributed by atoms with van der Waals surface area (Å²) in [6.45, 7) is 11.9. The van der Waals surface area contributed by atoms with Gasteiger partial charge in [-0.15, -0.1) is 0 Å². The first-order valence-electron chi connectivity index (χ1n) is 29.4. The van der Waals surface area contributed by atoms with Gasteiger partial charge in [-0.1, -0.05) is 58.8 Å². The van der Waals surface area contributed by atoms with E-state index in [9.17, 15) is 28.8 Å². The van der Waals surface area contributed by atoms with Crippen LogP contribution in [-0.4, -0.2) is 171 Å². The monoisotopic (exact) mass is 1460 g/mol. The maximum Gasteiger partial charge on any atom is 0.320 e. The molecular weight excluding hydrogens is 1350 g/mol. The molecule has 0 saturated carbocycles. The number of carbonyl (C=O) groups is 6. The van der Waals surface area contributed by atoms with E-state index >= 15 is 0 Å². The molecule has 0 aliphatic heterocycles. The first kappa shape index (κ1) is 93.0. The van der Waals surface area contributed by atoms with Crippen LogP contribution in [0.25, 0.3) is 0 Å². The molecule has 0 spiro atoms. The fourth-order valence-electron chi connectivity index (χ4n) is 6.61. The summed E-state index contributed by atoms with van der Waals surface area (Å²) >= 11 is 1.53. The molecule has 7 unspecified atom stereocenters. The van der Waals surface area contributed by atoms with Gasteiger partial charge in [0.2, 0.25) is 0 Å². The number of rotatable bonds is 48. The zero-order valence-corrected chi connectivity index (χ0v) is 56.3. The average molecular weight is 1460 g/mol. The molecule has 27 N–H and O–H groups in total. The molecule has 0 aliphatic carbocycles. The van der Waals surface area contributed by atoms with Crippen LogP contribution in [0, 0.1) is 32.5 Å². The second-order valence-electron chi connectivity index (χ2n) is 20.5. The van der Waals surface area contributed by atoms with Gasteiger partial charge < -0.3 is 97.5 Å². The summed E-state index contributed by atoms with van der Waals surface area (Å²) in [4.78, 5) is 62.9. The van der Waals surface area contributed by atoms with Crippen LogP contribution >= 0.6 is 18.6 Å². The maximum atomic E-state index is 11.2. The van der Waals surface area contributed by atoms with E-state index < -0.39 is 83.7 Å². The van der Waals surface area contributed by atoms with Crippen molar-refractivity contribution >= 4 is 88.7 Å². The number of unbranched alkanes of at least 4 members (excludes halogenated alkanes) is 6. The van der Waals surface area contributed by atoms with Crippen molar-refractivity contribution in [2.45, 2.75) is 250 Å². The zero-order chi connectivity index (χ0) is 67.4. The van der Waals surface area contributed by atoms with Crippen molar-refractivity contribution in [2.75, 3.05) is 33.0 Å². The number of ether oxygens (including phenoxy) is 2. The molecule has 0 aromatic rings. The standard InChI is InChI=1S/C11H22N2O2.C10H19I2N2O3.C10H20N2O3.C10H20N2O2.C8H17N3O2.C7H15N3O2/c1-2-9(12)7-5-3-4-6-8-10(13)11(14)15;1-2-3-8(13)4-6-16-7-5-9(14)10(15)17-12-11;1-8(11)7-15-6-4-2-3-5-9(12)10(13)14;1-2-5-8(11)6-3-4-7-9(12)10(13)14;1-5(9)4-6(10)2-3-7(11)8(12)13;8-4-3-5(9)1-2-6(10)7(11)12/h10,12H,2-8,13H2,1H3,(H,14,15);9,13H,2-7,14H2,1H3;9,11H,2-7,12H2,1H3,(H,13,14);9,11H,2-7,12H2,1H3,(H,13,14);6-7,9H,2-4,10-11H2,1H3,(H,12,13);6,9H,1-4,8,10H2,(H,11,12)/q;-1;;;;. The quantitative estimate of drug-likeness (QED) is 0.0236. The molecule has 0 saturated heterocycles. The van der Waals surface area contributed by atoms with Crippen molar-refractivity contribution < 1.29 is 84.5 Å². The fraction of sp³-hybridized carbons (Fsp3) is 0.786. The van der Waals surface area contributed by atoms with Gasteiger partial charge in [0.25, 0.3) is 0 Å². The normalized spacial score (nSPS) is 12.8. The first-order valence-corrected chi connectivity index (χ1v) is 36.6. The summed E-state index contributed by atoms with van der Waals surface area (Å²) in [6, 6.07) is -4.62. The van der Waals surface area contributed by atoms with Gasteiger partial charge in [-0.25, -0.2) is 0 Å². The molecule has 0 bridgehead atoms. The Morgan fingerprint density at radius 1 is 0.430 bits per heavy atom. The van der Waals surface area contributed by atoms with Gasteiger partial charge in [0.05, 0.1) is 6.61 Å². The largest absolute Gasteiger partial charge is 0.480 e. The second kappa shape index (κ2) is 65.3. The van der Waals surface area contributed by atoms with Gasteiger partial charge in [-0.3, -0.25) is 24.0 Å². The van der Waals surface area contributed by atoms with Crippen LogP contribution in [0.15, 0.2) is 0 Å². The molecule has 0 radical (unpaired) electrons. The molecule has 0 aliphatic rings. The number of carboxylic acids is 5. The number of carboxylic acid groups (broad SMARTS) is 5. The van der Waals surface area contributed by atoms with Gasteiger partial charge in [0.15, 0.2) is 0 Å². The number of nitrogens with two attached hydrogens (primary N) is 8. The van der Waals surface area contributed by atoms with Crippen LogP contribution < -0.4 is 63.5 Å². The predicted molar refractivity (Wildman–Crippen MR) is 344 cm³/mol. The number of carbonyl (C=O) groups excluding carboxylic acids is 1. The summed E-state index contributed by atoms with van der Waals surface area (Å²) in [6.07, 6.45) is 19.8. The fourth-order valence-corrected chi connectivity index (χ4v) is 8.20. The Kier molecular flexibility index (Phi) is 70.7. The summed E-state index contributed by atoms with van der Waals surface area (Å²) in [5, 5.41) is 86.5. The van der Waals surface area contributed by atoms with E-state index in [-0.39, 0.29) is 12.0 Å². The van der Waals surface area contributed by atoms with Crippen LogP contribution in [-0.2, 0) is 41.3 Å². The number of hydrogen-bond donors (Lipinski definition) is 19. The van der Waals surface area contributed by atoms with Gasteiger partial charge in [-0.05, 0) is 123 Å². The minimum absolute atomic E-state index is 0.150. The predicted octanol–water partition coefficient (Wildman–Crippen LogP) is 3.27. The summed E-state index contributed by atoms with van der Waals surface area (Å²) in [7, 11) is 0. The van der Waals surface area contributed by atoms with Crippen molar-refractivity contribution in [1.82, 2.24) is 0 Å². The third kappa shape index (κ3) is 74.2. The molecule has 0 rings (SSSR count). The van der Waals surface area contributed by atoms with Gasteiger partial charge in [0.1, 0.15) is 30.2 Å². The molecule has 0 aromatic carbocycles. The van der Waals surface area contributed by atoms with Crippen LogP contribution in [0.3, 0.4) is 0 Å². The first-order chi connectivity index (χ1) is 40.3. The summed E-state index contributed by atoms with van der Waals surface area (Å²) < 4.78 is 15.4. The Balaban J connectivity index is -0.000000224. The van der Waals surface area contributed by atoms with E-state index in [1.165, 1.54) is 0 Å². The zero-order valence-electron chi connectivity index (χ0n) is 52.0. The Morgan fingerprint density at radius 2 is 0.837 bits per heavy atom. The van der Waals surface area contributed by atoms with Gasteiger partial charge in [-0.2, -0.15) is 0 Å². The number of aliphatic carboxylic acids is 5. The van der Waals surface area contributed by atoms with E-state index in [0.717, 1.165) is 114 Å². The molecule has 28 nitrogen and oxygen atoms in total. The summed E-state index contributed by atoms with van der Waals surface area (Å²) in [5.74, 6) is -5.15. The smallest absolute Gasteiger partial charge is 0.320 e. The molecule has 506 valence electrons. The molecule has 7 atom stereocenters. The van der Waals surface area contributed by atoms with E-state index in [1.807, 2.05) is 6.92 Å². The number of nitrogens with one attached hydrogen (secondary N) is 6. The topological polar surface area (TPSA) is 583 Å². The molecule has 86 heavy (non-hydrogen) atoms. The van der Waals surface area contributed by atoms with Crippen LogP contribution in [0.1, 0.15) is 208 Å². The minimum Gasteiger partial charge on any atom is -0.480 e. The van der Waals surface area contributed by atoms with Crippen molar-refractivity contribution in [3.63, 3.8) is 0 Å². The van der Waals surface area contributed by atoms with E-state index in [1.54, 1.807) is 13.8 Å². The SMILES string of the molecule is CC(=N)CC(N)CCC(N)C(=O)O.CC(=N)COCCCCCC(N)C(=O)O.CCC(=N)CCCCCCC(N)C(=O)O.CCCC(=N)CCCCC(N)C(=O)O.CCCC(=N)CCOCCC(N)C(=O)O[I-]I.N=C(CCN)CCC(N)C(=O)O.